The zero-order valence-corrected chi connectivity index (χ0v) is 25.2. The molecule has 216 valence electrons. The minimum atomic E-state index is -0.931. The average molecular weight is 567 g/mol. The minimum Gasteiger partial charge on any atom is -0.490 e. The molecule has 1 aliphatic heterocycles. The number of hydrogen-bond acceptors (Lipinski definition) is 8. The molecule has 0 atom stereocenters. The molecule has 0 saturated heterocycles. The van der Waals surface area contributed by atoms with Crippen molar-refractivity contribution in [3.63, 3.8) is 0 Å². The quantitative estimate of drug-likeness (QED) is 0.300. The van der Waals surface area contributed by atoms with E-state index in [9.17, 15) is 0 Å². The molecule has 4 rings (SSSR count). The van der Waals surface area contributed by atoms with Crippen LogP contribution >= 0.6 is 10.0 Å². The first-order valence-corrected chi connectivity index (χ1v) is 16.6. The summed E-state index contributed by atoms with van der Waals surface area (Å²) in [5, 5.41) is 7.91. The number of benzene rings is 2. The molecule has 1 aliphatic rings. The lowest BCUT2D eigenvalue weighted by molar-refractivity contribution is 0.0539. The standard InChI is InChI=1S/C31H42N4O4S/c1-35-12-7-6-8-13-38-29-20-26-28(21-30(29)39-17-16-37-15-14-36-2)32-23-33-31(26)34-27-19-24(9-10-25(27)22-35)11-18-40(3,4)5/h9-10,19-21,23H,6-8,12-17,22H2,1-5H3,(H,32,33,34). The molecule has 2 heterocycles. The van der Waals surface area contributed by atoms with Gasteiger partial charge in [0.25, 0.3) is 0 Å². The highest BCUT2D eigenvalue weighted by Crippen LogP contribution is 2.36. The summed E-state index contributed by atoms with van der Waals surface area (Å²) in [6.07, 6.45) is 11.3. The van der Waals surface area contributed by atoms with Gasteiger partial charge in [0.1, 0.15) is 18.8 Å². The van der Waals surface area contributed by atoms with Gasteiger partial charge in [-0.15, -0.1) is 0 Å². The number of nitrogens with zero attached hydrogens (tertiary/aromatic N) is 3. The van der Waals surface area contributed by atoms with Crippen LogP contribution in [0.25, 0.3) is 10.9 Å². The summed E-state index contributed by atoms with van der Waals surface area (Å²) in [6.45, 7) is 4.41. The maximum absolute atomic E-state index is 6.25. The van der Waals surface area contributed by atoms with Gasteiger partial charge in [0.2, 0.25) is 0 Å². The summed E-state index contributed by atoms with van der Waals surface area (Å²) in [5.41, 5.74) is 3.95. The maximum Gasteiger partial charge on any atom is 0.163 e. The lowest BCUT2D eigenvalue weighted by atomic mass is 10.1. The van der Waals surface area contributed by atoms with E-state index in [0.29, 0.717) is 44.5 Å². The number of rotatable bonds is 7. The second-order valence-electron chi connectivity index (χ2n) is 10.7. The van der Waals surface area contributed by atoms with E-state index in [1.165, 1.54) is 5.56 Å². The van der Waals surface area contributed by atoms with E-state index in [2.05, 4.69) is 75.4 Å². The Morgan fingerprint density at radius 1 is 1.02 bits per heavy atom. The highest BCUT2D eigenvalue weighted by atomic mass is 32.3. The van der Waals surface area contributed by atoms with Gasteiger partial charge in [-0.3, -0.25) is 0 Å². The largest absolute Gasteiger partial charge is 0.490 e. The van der Waals surface area contributed by atoms with Crippen molar-refractivity contribution in [2.75, 3.05) is 77.8 Å². The van der Waals surface area contributed by atoms with Gasteiger partial charge in [0.05, 0.1) is 31.9 Å². The molecule has 8 nitrogen and oxygen atoms in total. The van der Waals surface area contributed by atoms with Crippen LogP contribution in [0.2, 0.25) is 0 Å². The van der Waals surface area contributed by atoms with E-state index in [1.54, 1.807) is 13.4 Å². The fourth-order valence-electron chi connectivity index (χ4n) is 4.30. The zero-order chi connectivity index (χ0) is 28.4. The Hall–Kier alpha value is -3.03. The third kappa shape index (κ3) is 9.00. The van der Waals surface area contributed by atoms with Crippen LogP contribution in [0.15, 0.2) is 36.7 Å². The van der Waals surface area contributed by atoms with Gasteiger partial charge in [0, 0.05) is 36.4 Å². The Labute approximate surface area is 240 Å². The Kier molecular flexibility index (Phi) is 10.9. The second kappa shape index (κ2) is 14.6. The fraction of sp³-hybridized carbons (Fsp3) is 0.484. The van der Waals surface area contributed by atoms with Crippen molar-refractivity contribution in [2.45, 2.75) is 25.8 Å². The first kappa shape index (κ1) is 29.9. The molecular weight excluding hydrogens is 524 g/mol. The van der Waals surface area contributed by atoms with Crippen molar-refractivity contribution >= 4 is 32.4 Å². The van der Waals surface area contributed by atoms with E-state index >= 15 is 0 Å². The summed E-state index contributed by atoms with van der Waals surface area (Å²) in [7, 11) is 2.90. The smallest absolute Gasteiger partial charge is 0.163 e. The molecule has 0 fully saturated rings. The second-order valence-corrected chi connectivity index (χ2v) is 14.6. The van der Waals surface area contributed by atoms with Gasteiger partial charge >= 0.3 is 0 Å². The van der Waals surface area contributed by atoms with E-state index in [1.807, 2.05) is 12.1 Å². The van der Waals surface area contributed by atoms with Crippen LogP contribution in [-0.2, 0) is 16.0 Å². The molecule has 2 bridgehead atoms. The third-order valence-corrected chi connectivity index (χ3v) is 7.08. The van der Waals surface area contributed by atoms with Gasteiger partial charge in [-0.25, -0.2) is 9.97 Å². The van der Waals surface area contributed by atoms with Crippen molar-refractivity contribution in [3.8, 4) is 22.7 Å². The molecule has 2 aromatic carbocycles. The molecule has 0 spiro atoms. The van der Waals surface area contributed by atoms with Gasteiger partial charge < -0.3 is 29.2 Å². The van der Waals surface area contributed by atoms with Crippen molar-refractivity contribution in [3.05, 3.63) is 47.8 Å². The van der Waals surface area contributed by atoms with Crippen LogP contribution in [0.5, 0.6) is 11.5 Å². The molecule has 3 aromatic rings. The molecule has 1 aromatic heterocycles. The van der Waals surface area contributed by atoms with Crippen molar-refractivity contribution < 1.29 is 18.9 Å². The molecule has 0 amide bonds. The van der Waals surface area contributed by atoms with E-state index in [-0.39, 0.29) is 0 Å². The van der Waals surface area contributed by atoms with Crippen molar-refractivity contribution in [1.82, 2.24) is 14.9 Å². The number of hydrogen-bond donors (Lipinski definition) is 1. The lowest BCUT2D eigenvalue weighted by Crippen LogP contribution is -2.20. The summed E-state index contributed by atoms with van der Waals surface area (Å²) >= 11 is 0. The molecule has 0 unspecified atom stereocenters. The first-order valence-electron chi connectivity index (χ1n) is 13.7. The monoisotopic (exact) mass is 566 g/mol. The van der Waals surface area contributed by atoms with E-state index in [4.69, 9.17) is 18.9 Å². The maximum atomic E-state index is 6.25. The third-order valence-electron chi connectivity index (χ3n) is 6.36. The molecular formula is C31H42N4O4S. The zero-order valence-electron chi connectivity index (χ0n) is 24.4. The lowest BCUT2D eigenvalue weighted by Gasteiger charge is -2.20. The summed E-state index contributed by atoms with van der Waals surface area (Å²) in [6, 6.07) is 10.3. The summed E-state index contributed by atoms with van der Waals surface area (Å²) < 4.78 is 22.9. The van der Waals surface area contributed by atoms with Gasteiger partial charge in [-0.05, 0) is 80.6 Å². The number of fused-ring (bicyclic) bond motifs is 2. The molecule has 0 aliphatic carbocycles. The number of aromatic nitrogens is 2. The number of anilines is 2. The van der Waals surface area contributed by atoms with Crippen LogP contribution in [0, 0.1) is 11.2 Å². The van der Waals surface area contributed by atoms with Gasteiger partial charge in [-0.2, -0.15) is 10.0 Å². The van der Waals surface area contributed by atoms with Crippen LogP contribution < -0.4 is 14.8 Å². The Balaban J connectivity index is 1.69. The topological polar surface area (TPSA) is 78.0 Å². The molecule has 0 saturated carbocycles. The molecule has 40 heavy (non-hydrogen) atoms. The molecule has 0 radical (unpaired) electrons. The minimum absolute atomic E-state index is 0.404. The highest BCUT2D eigenvalue weighted by molar-refractivity contribution is 8.35. The van der Waals surface area contributed by atoms with Crippen molar-refractivity contribution in [1.29, 1.82) is 0 Å². The van der Waals surface area contributed by atoms with E-state index < -0.39 is 10.0 Å². The summed E-state index contributed by atoms with van der Waals surface area (Å²) in [4.78, 5) is 11.5. The normalized spacial score (nSPS) is 15.1. The van der Waals surface area contributed by atoms with E-state index in [0.717, 1.165) is 60.3 Å². The van der Waals surface area contributed by atoms with Gasteiger partial charge in [-0.1, -0.05) is 12.0 Å². The Bertz CT molecular complexity index is 1330. The molecule has 1 N–H and O–H groups in total. The number of methoxy groups -OCH3 is 1. The first-order chi connectivity index (χ1) is 19.3. The fourth-order valence-corrected chi connectivity index (χ4v) is 4.73. The average Bonchev–Trinajstić information content (AvgIpc) is 2.92. The Morgan fingerprint density at radius 3 is 2.70 bits per heavy atom. The molecule has 9 heteroatoms. The van der Waals surface area contributed by atoms with Gasteiger partial charge in [0.15, 0.2) is 11.5 Å². The SMILES string of the molecule is COCCOCCOc1cc2ncnc3c2cc1OCCCCCN(C)Cc1ccc(C#CS(C)(C)C)cc1N3. The Morgan fingerprint density at radius 2 is 1.88 bits per heavy atom. The van der Waals surface area contributed by atoms with Crippen LogP contribution in [0.1, 0.15) is 30.4 Å². The summed E-state index contributed by atoms with van der Waals surface area (Å²) in [5.74, 6) is 5.43. The van der Waals surface area contributed by atoms with Crippen LogP contribution in [-0.4, -0.2) is 87.4 Å². The van der Waals surface area contributed by atoms with Crippen LogP contribution in [0.3, 0.4) is 0 Å². The predicted octanol–water partition coefficient (Wildman–Crippen LogP) is 5.41. The van der Waals surface area contributed by atoms with Crippen LogP contribution in [0.4, 0.5) is 11.5 Å². The predicted molar refractivity (Wildman–Crippen MR) is 165 cm³/mol. The number of ether oxygens (including phenoxy) is 4. The number of nitrogens with one attached hydrogen (secondary N) is 1. The van der Waals surface area contributed by atoms with Crippen molar-refractivity contribution in [2.24, 2.45) is 0 Å². The highest BCUT2D eigenvalue weighted by Gasteiger charge is 2.15.